The summed E-state index contributed by atoms with van der Waals surface area (Å²) in [7, 11) is 0. The van der Waals surface area contributed by atoms with Gasteiger partial charge in [-0.2, -0.15) is 0 Å². The number of rotatable bonds is 11. The van der Waals surface area contributed by atoms with Crippen molar-refractivity contribution in [2.45, 2.75) is 76.9 Å². The van der Waals surface area contributed by atoms with Gasteiger partial charge in [0.25, 0.3) is 0 Å². The van der Waals surface area contributed by atoms with E-state index in [9.17, 15) is 24.0 Å². The highest BCUT2D eigenvalue weighted by Crippen LogP contribution is 2.18. The van der Waals surface area contributed by atoms with Crippen LogP contribution in [0.1, 0.15) is 58.8 Å². The summed E-state index contributed by atoms with van der Waals surface area (Å²) in [6.45, 7) is 5.07. The second-order valence-electron chi connectivity index (χ2n) is 8.67. The van der Waals surface area contributed by atoms with E-state index in [0.717, 1.165) is 12.8 Å². The van der Waals surface area contributed by atoms with Gasteiger partial charge in [0.15, 0.2) is 0 Å². The molecule has 0 aromatic rings. The van der Waals surface area contributed by atoms with Crippen molar-refractivity contribution in [2.24, 2.45) is 5.73 Å². The number of carbonyl (C=O) groups excluding carboxylic acids is 5. The highest BCUT2D eigenvalue weighted by atomic mass is 16.2. The Hall–Kier alpha value is -2.69. The van der Waals surface area contributed by atoms with Gasteiger partial charge in [-0.1, -0.05) is 0 Å². The van der Waals surface area contributed by atoms with Gasteiger partial charge in [0.2, 0.25) is 29.5 Å². The topological polar surface area (TPSA) is 154 Å². The molecule has 3 unspecified atom stereocenters. The van der Waals surface area contributed by atoms with Crippen LogP contribution in [0.5, 0.6) is 0 Å². The Morgan fingerprint density at radius 2 is 1.42 bits per heavy atom. The first-order valence-electron chi connectivity index (χ1n) is 11.9. The minimum Gasteiger partial charge on any atom is -0.354 e. The van der Waals surface area contributed by atoms with Gasteiger partial charge in [0, 0.05) is 46.6 Å². The van der Waals surface area contributed by atoms with Crippen LogP contribution in [-0.2, 0) is 24.0 Å². The number of unbranched alkanes of at least 4 members (excludes halogenated alkanes) is 1. The molecule has 0 bridgehead atoms. The van der Waals surface area contributed by atoms with E-state index in [-0.39, 0.29) is 36.1 Å². The van der Waals surface area contributed by atoms with Crippen LogP contribution in [0.3, 0.4) is 0 Å². The van der Waals surface area contributed by atoms with Gasteiger partial charge in [0.1, 0.15) is 18.1 Å². The van der Waals surface area contributed by atoms with Crippen molar-refractivity contribution < 1.29 is 24.0 Å². The van der Waals surface area contributed by atoms with Crippen LogP contribution in [0.4, 0.5) is 0 Å². The maximum Gasteiger partial charge on any atom is 0.243 e. The van der Waals surface area contributed by atoms with Crippen LogP contribution in [0.15, 0.2) is 0 Å². The van der Waals surface area contributed by atoms with Crippen molar-refractivity contribution in [3.05, 3.63) is 0 Å². The summed E-state index contributed by atoms with van der Waals surface area (Å²) in [4.78, 5) is 64.2. The molecule has 2 aliphatic rings. The Bertz CT molecular complexity index is 730. The molecule has 33 heavy (non-hydrogen) atoms. The van der Waals surface area contributed by atoms with Gasteiger partial charge >= 0.3 is 0 Å². The highest BCUT2D eigenvalue weighted by Gasteiger charge is 2.34. The first kappa shape index (κ1) is 26.6. The maximum absolute atomic E-state index is 12.8. The Morgan fingerprint density at radius 3 is 1.97 bits per heavy atom. The Morgan fingerprint density at radius 1 is 0.848 bits per heavy atom. The van der Waals surface area contributed by atoms with Crippen molar-refractivity contribution in [1.82, 2.24) is 25.8 Å². The zero-order chi connectivity index (χ0) is 24.4. The van der Waals surface area contributed by atoms with E-state index in [1.807, 2.05) is 0 Å². The van der Waals surface area contributed by atoms with E-state index < -0.39 is 18.1 Å². The lowest BCUT2D eigenvalue weighted by molar-refractivity contribution is -0.138. The molecule has 0 aromatic carbocycles. The fourth-order valence-electron chi connectivity index (χ4n) is 4.49. The first-order chi connectivity index (χ1) is 15.8. The smallest absolute Gasteiger partial charge is 0.243 e. The minimum atomic E-state index is -0.739. The molecular weight excluding hydrogens is 428 g/mol. The molecule has 2 aliphatic heterocycles. The van der Waals surface area contributed by atoms with E-state index in [4.69, 9.17) is 5.73 Å². The SMILES string of the molecule is CC(=O)N1CCCC1C(=O)NCCCCC(NC(=O)C1CCCN1C(C)=O)C(=O)NCCN. The van der Waals surface area contributed by atoms with Gasteiger partial charge in [0.05, 0.1) is 0 Å². The Kier molecular flexibility index (Phi) is 10.6. The van der Waals surface area contributed by atoms with E-state index in [0.29, 0.717) is 58.3 Å². The van der Waals surface area contributed by atoms with Crippen LogP contribution in [-0.4, -0.2) is 90.2 Å². The van der Waals surface area contributed by atoms with E-state index in [2.05, 4.69) is 16.0 Å². The van der Waals surface area contributed by atoms with Crippen molar-refractivity contribution in [3.8, 4) is 0 Å². The van der Waals surface area contributed by atoms with Crippen LogP contribution < -0.4 is 21.7 Å². The van der Waals surface area contributed by atoms with Crippen molar-refractivity contribution >= 4 is 29.5 Å². The predicted octanol–water partition coefficient (Wildman–Crippen LogP) is -1.15. The predicted molar refractivity (Wildman–Crippen MR) is 122 cm³/mol. The third-order valence-corrected chi connectivity index (χ3v) is 6.22. The van der Waals surface area contributed by atoms with Crippen molar-refractivity contribution in [1.29, 1.82) is 0 Å². The van der Waals surface area contributed by atoms with Crippen molar-refractivity contribution in [2.75, 3.05) is 32.7 Å². The summed E-state index contributed by atoms with van der Waals surface area (Å²) in [5, 5.41) is 8.37. The number of hydrogen-bond acceptors (Lipinski definition) is 6. The number of hydrogen-bond donors (Lipinski definition) is 4. The lowest BCUT2D eigenvalue weighted by Gasteiger charge is -2.25. The molecule has 0 saturated carbocycles. The van der Waals surface area contributed by atoms with Gasteiger partial charge in [-0.15, -0.1) is 0 Å². The number of carbonyl (C=O) groups is 5. The summed E-state index contributed by atoms with van der Waals surface area (Å²) in [6, 6.07) is -1.70. The molecule has 2 heterocycles. The molecule has 2 saturated heterocycles. The van der Waals surface area contributed by atoms with Crippen LogP contribution >= 0.6 is 0 Å². The lowest BCUT2D eigenvalue weighted by Crippen LogP contribution is -2.53. The monoisotopic (exact) mass is 466 g/mol. The summed E-state index contributed by atoms with van der Waals surface area (Å²) in [5.41, 5.74) is 5.47. The molecule has 2 rings (SSSR count). The molecule has 2 fully saturated rings. The molecule has 11 nitrogen and oxygen atoms in total. The summed E-state index contributed by atoms with van der Waals surface area (Å²) >= 11 is 0. The largest absolute Gasteiger partial charge is 0.354 e. The summed E-state index contributed by atoms with van der Waals surface area (Å²) < 4.78 is 0. The molecule has 186 valence electrons. The number of likely N-dealkylation sites (tertiary alicyclic amines) is 2. The third-order valence-electron chi connectivity index (χ3n) is 6.22. The highest BCUT2D eigenvalue weighted by molar-refractivity contribution is 5.92. The van der Waals surface area contributed by atoms with Crippen LogP contribution in [0.2, 0.25) is 0 Å². The van der Waals surface area contributed by atoms with Gasteiger partial charge in [-0.25, -0.2) is 0 Å². The van der Waals surface area contributed by atoms with E-state index in [1.165, 1.54) is 18.7 Å². The average Bonchev–Trinajstić information content (AvgIpc) is 3.46. The number of amides is 5. The minimum absolute atomic E-state index is 0.0969. The summed E-state index contributed by atoms with van der Waals surface area (Å²) in [6.07, 6.45) is 4.43. The van der Waals surface area contributed by atoms with Crippen molar-refractivity contribution in [3.63, 3.8) is 0 Å². The normalized spacial score (nSPS) is 20.9. The molecule has 0 spiro atoms. The molecule has 3 atom stereocenters. The number of nitrogens with zero attached hydrogens (tertiary/aromatic N) is 2. The quantitative estimate of drug-likeness (QED) is 0.282. The van der Waals surface area contributed by atoms with Gasteiger partial charge in [-0.05, 0) is 44.9 Å². The molecular formula is C22H38N6O5. The second kappa shape index (κ2) is 13.1. The Balaban J connectivity index is 1.82. The van der Waals surface area contributed by atoms with E-state index in [1.54, 1.807) is 4.90 Å². The number of nitrogens with two attached hydrogens (primary N) is 1. The van der Waals surface area contributed by atoms with Crippen LogP contribution in [0.25, 0.3) is 0 Å². The van der Waals surface area contributed by atoms with Crippen LogP contribution in [0, 0.1) is 0 Å². The summed E-state index contributed by atoms with van der Waals surface area (Å²) in [5.74, 6) is -1.04. The van der Waals surface area contributed by atoms with Gasteiger partial charge < -0.3 is 31.5 Å². The first-order valence-corrected chi connectivity index (χ1v) is 11.9. The number of nitrogens with one attached hydrogen (secondary N) is 3. The molecule has 5 amide bonds. The standard InChI is InChI=1S/C22H38N6O5/c1-15(29)27-13-5-8-18(27)21(32)24-11-4-3-7-17(20(31)25-12-10-23)26-22(33)19-9-6-14-28(19)16(2)30/h17-19H,3-14,23H2,1-2H3,(H,24,32)(H,25,31)(H,26,33). The van der Waals surface area contributed by atoms with E-state index >= 15 is 0 Å². The maximum atomic E-state index is 12.8. The molecule has 0 aromatic heterocycles. The molecule has 5 N–H and O–H groups in total. The molecule has 0 aliphatic carbocycles. The zero-order valence-electron chi connectivity index (χ0n) is 19.7. The lowest BCUT2D eigenvalue weighted by atomic mass is 10.1. The zero-order valence-corrected chi connectivity index (χ0v) is 19.7. The van der Waals surface area contributed by atoms with Gasteiger partial charge in [-0.3, -0.25) is 24.0 Å². The fourth-order valence-corrected chi connectivity index (χ4v) is 4.49. The molecule has 11 heteroatoms. The second-order valence-corrected chi connectivity index (χ2v) is 8.67. The molecule has 0 radical (unpaired) electrons. The fraction of sp³-hybridized carbons (Fsp3) is 0.773. The third kappa shape index (κ3) is 7.69. The Labute approximate surface area is 195 Å². The average molecular weight is 467 g/mol.